The maximum atomic E-state index is 8.85. The van der Waals surface area contributed by atoms with Gasteiger partial charge in [0.2, 0.25) is 0 Å². The van der Waals surface area contributed by atoms with Gasteiger partial charge < -0.3 is 0 Å². The van der Waals surface area contributed by atoms with Crippen molar-refractivity contribution >= 4 is 0 Å². The highest BCUT2D eigenvalue weighted by Crippen LogP contribution is 2.23. The zero-order chi connectivity index (χ0) is 10.8. The van der Waals surface area contributed by atoms with Gasteiger partial charge in [-0.05, 0) is 30.7 Å². The third kappa shape index (κ3) is 1.62. The molecule has 0 bridgehead atoms. The molecule has 0 amide bonds. The predicted molar refractivity (Wildman–Crippen MR) is 58.1 cm³/mol. The van der Waals surface area contributed by atoms with Gasteiger partial charge in [0.25, 0.3) is 0 Å². The molecule has 15 heavy (non-hydrogen) atoms. The van der Waals surface area contributed by atoms with Crippen LogP contribution < -0.4 is 0 Å². The van der Waals surface area contributed by atoms with Crippen molar-refractivity contribution in [1.82, 2.24) is 9.78 Å². The van der Waals surface area contributed by atoms with E-state index in [4.69, 9.17) is 5.26 Å². The van der Waals surface area contributed by atoms with E-state index >= 15 is 0 Å². The Morgan fingerprint density at radius 1 is 1.33 bits per heavy atom. The number of hydrogen-bond acceptors (Lipinski definition) is 2. The number of aromatic nitrogens is 2. The van der Waals surface area contributed by atoms with Gasteiger partial charge in [-0.25, -0.2) is 0 Å². The highest BCUT2D eigenvalue weighted by atomic mass is 15.3. The minimum atomic E-state index is 0.678. The summed E-state index contributed by atoms with van der Waals surface area (Å²) in [6.07, 6.45) is 1.76. The Hall–Kier alpha value is -2.08. The van der Waals surface area contributed by atoms with Crippen molar-refractivity contribution in [3.8, 4) is 17.3 Å². The van der Waals surface area contributed by atoms with Gasteiger partial charge in [0.15, 0.2) is 0 Å². The lowest BCUT2D eigenvalue weighted by Crippen LogP contribution is -1.95. The topological polar surface area (TPSA) is 41.6 Å². The monoisotopic (exact) mass is 197 g/mol. The Morgan fingerprint density at radius 2 is 2.13 bits per heavy atom. The van der Waals surface area contributed by atoms with Gasteiger partial charge in [0.05, 0.1) is 17.3 Å². The van der Waals surface area contributed by atoms with Gasteiger partial charge in [0, 0.05) is 18.8 Å². The maximum Gasteiger partial charge on any atom is 0.0991 e. The summed E-state index contributed by atoms with van der Waals surface area (Å²) in [6, 6.07) is 9.78. The average molecular weight is 197 g/mol. The quantitative estimate of drug-likeness (QED) is 0.703. The van der Waals surface area contributed by atoms with Gasteiger partial charge in [0.1, 0.15) is 0 Å². The highest BCUT2D eigenvalue weighted by molar-refractivity contribution is 5.65. The van der Waals surface area contributed by atoms with Crippen LogP contribution in [-0.4, -0.2) is 9.78 Å². The summed E-state index contributed by atoms with van der Waals surface area (Å²) >= 11 is 0. The van der Waals surface area contributed by atoms with Crippen molar-refractivity contribution in [1.29, 1.82) is 5.26 Å². The van der Waals surface area contributed by atoms with Crippen LogP contribution in [0.25, 0.3) is 11.3 Å². The first-order valence-electron chi connectivity index (χ1n) is 4.71. The molecule has 0 spiro atoms. The lowest BCUT2D eigenvalue weighted by Gasteiger charge is -2.06. The van der Waals surface area contributed by atoms with Crippen LogP contribution >= 0.6 is 0 Å². The largest absolute Gasteiger partial charge is 0.268 e. The second-order valence-corrected chi connectivity index (χ2v) is 3.48. The van der Waals surface area contributed by atoms with Crippen molar-refractivity contribution in [2.45, 2.75) is 6.92 Å². The number of benzene rings is 1. The fourth-order valence-electron chi connectivity index (χ4n) is 1.61. The van der Waals surface area contributed by atoms with Crippen LogP contribution in [0.5, 0.6) is 0 Å². The molecule has 0 aliphatic carbocycles. The maximum absolute atomic E-state index is 8.85. The minimum absolute atomic E-state index is 0.678. The van der Waals surface area contributed by atoms with Gasteiger partial charge >= 0.3 is 0 Å². The molecule has 1 aromatic carbocycles. The average Bonchev–Trinajstić information content (AvgIpc) is 2.65. The molecule has 0 radical (unpaired) electrons. The van der Waals surface area contributed by atoms with Gasteiger partial charge in [-0.2, -0.15) is 10.4 Å². The Bertz CT molecular complexity index is 532. The number of rotatable bonds is 1. The molecule has 3 heteroatoms. The van der Waals surface area contributed by atoms with Crippen LogP contribution in [-0.2, 0) is 7.05 Å². The molecule has 0 N–H and O–H groups in total. The predicted octanol–water partition coefficient (Wildman–Crippen LogP) is 2.27. The first-order chi connectivity index (χ1) is 7.22. The van der Waals surface area contributed by atoms with E-state index in [2.05, 4.69) is 11.2 Å². The van der Waals surface area contributed by atoms with Crippen molar-refractivity contribution in [2.75, 3.05) is 0 Å². The summed E-state index contributed by atoms with van der Waals surface area (Å²) in [6.45, 7) is 2.03. The Kier molecular flexibility index (Phi) is 2.26. The third-order valence-corrected chi connectivity index (χ3v) is 2.46. The lowest BCUT2D eigenvalue weighted by atomic mass is 10.0. The van der Waals surface area contributed by atoms with Gasteiger partial charge in [-0.3, -0.25) is 4.68 Å². The van der Waals surface area contributed by atoms with E-state index in [1.165, 1.54) is 0 Å². The SMILES string of the molecule is Cc1ccc(C#N)cc1-c1ccnn1C. The zero-order valence-electron chi connectivity index (χ0n) is 8.73. The number of aryl methyl sites for hydroxylation is 2. The van der Waals surface area contributed by atoms with Crippen LogP contribution in [0.3, 0.4) is 0 Å². The highest BCUT2D eigenvalue weighted by Gasteiger charge is 2.06. The second kappa shape index (κ2) is 3.58. The number of nitriles is 1. The molecule has 2 aromatic rings. The van der Waals surface area contributed by atoms with Crippen molar-refractivity contribution in [2.24, 2.45) is 7.05 Å². The van der Waals surface area contributed by atoms with E-state index in [0.717, 1.165) is 16.8 Å². The van der Waals surface area contributed by atoms with E-state index in [-0.39, 0.29) is 0 Å². The molecular formula is C12H11N3. The van der Waals surface area contributed by atoms with Gasteiger partial charge in [-0.1, -0.05) is 6.07 Å². The van der Waals surface area contributed by atoms with Crippen LogP contribution in [0.2, 0.25) is 0 Å². The molecule has 1 aromatic heterocycles. The summed E-state index contributed by atoms with van der Waals surface area (Å²) in [7, 11) is 1.90. The molecule has 0 fully saturated rings. The van der Waals surface area contributed by atoms with E-state index in [1.54, 1.807) is 6.20 Å². The molecule has 0 aliphatic rings. The van der Waals surface area contributed by atoms with Crippen LogP contribution in [0.4, 0.5) is 0 Å². The van der Waals surface area contributed by atoms with E-state index in [0.29, 0.717) is 5.56 Å². The van der Waals surface area contributed by atoms with Crippen LogP contribution in [0.1, 0.15) is 11.1 Å². The molecule has 0 saturated heterocycles. The molecule has 0 unspecified atom stereocenters. The lowest BCUT2D eigenvalue weighted by molar-refractivity contribution is 0.775. The zero-order valence-corrected chi connectivity index (χ0v) is 8.73. The Balaban J connectivity index is 2.63. The summed E-state index contributed by atoms with van der Waals surface area (Å²) in [4.78, 5) is 0. The fraction of sp³-hybridized carbons (Fsp3) is 0.167. The summed E-state index contributed by atoms with van der Waals surface area (Å²) in [5, 5.41) is 13.0. The third-order valence-electron chi connectivity index (χ3n) is 2.46. The molecule has 0 saturated carbocycles. The van der Waals surface area contributed by atoms with E-state index in [9.17, 15) is 0 Å². The standard InChI is InChI=1S/C12H11N3/c1-9-3-4-10(8-13)7-11(9)12-5-6-14-15(12)2/h3-7H,1-2H3. The molecule has 3 nitrogen and oxygen atoms in total. The van der Waals surface area contributed by atoms with Gasteiger partial charge in [-0.15, -0.1) is 0 Å². The fourth-order valence-corrected chi connectivity index (χ4v) is 1.61. The molecule has 74 valence electrons. The van der Waals surface area contributed by atoms with Crippen molar-refractivity contribution < 1.29 is 0 Å². The van der Waals surface area contributed by atoms with Crippen molar-refractivity contribution in [3.63, 3.8) is 0 Å². The molecule has 2 rings (SSSR count). The Morgan fingerprint density at radius 3 is 2.73 bits per heavy atom. The molecule has 0 aliphatic heterocycles. The first-order valence-corrected chi connectivity index (χ1v) is 4.71. The molecule has 1 heterocycles. The van der Waals surface area contributed by atoms with Crippen LogP contribution in [0.15, 0.2) is 30.5 Å². The molecular weight excluding hydrogens is 186 g/mol. The smallest absolute Gasteiger partial charge is 0.0991 e. The summed E-state index contributed by atoms with van der Waals surface area (Å²) in [5.41, 5.74) is 3.92. The number of hydrogen-bond donors (Lipinski definition) is 0. The summed E-state index contributed by atoms with van der Waals surface area (Å²) < 4.78 is 1.81. The van der Waals surface area contributed by atoms with E-state index < -0.39 is 0 Å². The Labute approximate surface area is 88.6 Å². The first kappa shape index (κ1) is 9.47. The van der Waals surface area contributed by atoms with Crippen molar-refractivity contribution in [3.05, 3.63) is 41.6 Å². The number of nitrogens with zero attached hydrogens (tertiary/aromatic N) is 3. The second-order valence-electron chi connectivity index (χ2n) is 3.48. The minimum Gasteiger partial charge on any atom is -0.268 e. The summed E-state index contributed by atoms with van der Waals surface area (Å²) in [5.74, 6) is 0. The molecule has 0 atom stereocenters. The van der Waals surface area contributed by atoms with Crippen LogP contribution in [0, 0.1) is 18.3 Å². The van der Waals surface area contributed by atoms with E-state index in [1.807, 2.05) is 42.9 Å². The normalized spacial score (nSPS) is 9.93.